The van der Waals surface area contributed by atoms with Gasteiger partial charge in [-0.2, -0.15) is 0 Å². The van der Waals surface area contributed by atoms with E-state index in [0.29, 0.717) is 23.4 Å². The van der Waals surface area contributed by atoms with Crippen LogP contribution in [0.25, 0.3) is 44.0 Å². The molecule has 0 atom stereocenters. The summed E-state index contributed by atoms with van der Waals surface area (Å²) in [6, 6.07) is 18.4. The summed E-state index contributed by atoms with van der Waals surface area (Å²) in [6.07, 6.45) is 8.56. The Morgan fingerprint density at radius 2 is 1.95 bits per heavy atom. The monoisotopic (exact) mass is 585 g/mol. The summed E-state index contributed by atoms with van der Waals surface area (Å²) in [4.78, 5) is 34.7. The zero-order valence-electron chi connectivity index (χ0n) is 23.4. The van der Waals surface area contributed by atoms with E-state index in [0.717, 1.165) is 33.0 Å². The molecule has 216 valence electrons. The van der Waals surface area contributed by atoms with Gasteiger partial charge in [-0.3, -0.25) is 9.59 Å². The number of benzene rings is 4. The maximum absolute atomic E-state index is 15.8. The molecule has 1 amide bonds. The van der Waals surface area contributed by atoms with Gasteiger partial charge < -0.3 is 28.9 Å². The molecule has 2 N–H and O–H groups in total. The number of H-pyrrole nitrogens is 1. The molecule has 9 nitrogen and oxygen atoms in total. The highest BCUT2D eigenvalue weighted by Crippen LogP contribution is 2.46. The number of aromatic nitrogens is 4. The first-order valence-corrected chi connectivity index (χ1v) is 14.0. The van der Waals surface area contributed by atoms with Crippen LogP contribution < -0.4 is 20.2 Å². The smallest absolute Gasteiger partial charge is 0.256 e. The number of fused-ring (bicyclic) bond motifs is 5. The van der Waals surface area contributed by atoms with E-state index in [9.17, 15) is 9.59 Å². The molecule has 10 heteroatoms. The van der Waals surface area contributed by atoms with Crippen molar-refractivity contribution in [2.24, 2.45) is 0 Å². The Morgan fingerprint density at radius 1 is 1.07 bits per heavy atom. The highest BCUT2D eigenvalue weighted by atomic mass is 19.1. The summed E-state index contributed by atoms with van der Waals surface area (Å²) in [5.41, 5.74) is 2.42. The molecule has 4 aromatic carbocycles. The van der Waals surface area contributed by atoms with E-state index in [1.165, 1.54) is 29.4 Å². The van der Waals surface area contributed by atoms with Gasteiger partial charge in [0.15, 0.2) is 17.3 Å². The molecular weight excluding hydrogens is 561 g/mol. The zero-order chi connectivity index (χ0) is 29.9. The molecule has 0 saturated carbocycles. The lowest BCUT2D eigenvalue weighted by Crippen LogP contribution is -2.31. The Morgan fingerprint density at radius 3 is 2.80 bits per heavy atom. The highest BCUT2D eigenvalue weighted by molar-refractivity contribution is 6.03. The summed E-state index contributed by atoms with van der Waals surface area (Å²) < 4.78 is 30.8. The lowest BCUT2D eigenvalue weighted by atomic mass is 10.0. The van der Waals surface area contributed by atoms with Crippen molar-refractivity contribution in [1.82, 2.24) is 24.4 Å². The van der Waals surface area contributed by atoms with Crippen molar-refractivity contribution in [3.63, 3.8) is 0 Å². The van der Waals surface area contributed by atoms with Crippen molar-refractivity contribution in [2.75, 3.05) is 13.7 Å². The van der Waals surface area contributed by atoms with Gasteiger partial charge in [0.05, 0.1) is 24.5 Å². The molecule has 0 aliphatic carbocycles. The molecule has 1 aliphatic rings. The lowest BCUT2D eigenvalue weighted by Gasteiger charge is -2.27. The van der Waals surface area contributed by atoms with Crippen molar-refractivity contribution < 1.29 is 18.7 Å². The van der Waals surface area contributed by atoms with E-state index in [4.69, 9.17) is 9.47 Å². The summed E-state index contributed by atoms with van der Waals surface area (Å²) in [5, 5.41) is 5.73. The first-order chi connectivity index (χ1) is 21.5. The van der Waals surface area contributed by atoms with Crippen LogP contribution in [0.2, 0.25) is 0 Å². The number of amides is 1. The Labute approximate surface area is 249 Å². The van der Waals surface area contributed by atoms with Crippen LogP contribution in [0.3, 0.4) is 0 Å². The minimum absolute atomic E-state index is 0.0383. The first-order valence-electron chi connectivity index (χ1n) is 14.0. The van der Waals surface area contributed by atoms with Gasteiger partial charge in [-0.1, -0.05) is 30.3 Å². The van der Waals surface area contributed by atoms with Crippen LogP contribution in [-0.2, 0) is 6.42 Å². The zero-order valence-corrected chi connectivity index (χ0v) is 23.4. The number of hydrogen-bond donors (Lipinski definition) is 2. The van der Waals surface area contributed by atoms with Crippen LogP contribution in [-0.4, -0.2) is 38.7 Å². The normalized spacial score (nSPS) is 12.0. The van der Waals surface area contributed by atoms with Gasteiger partial charge in [-0.05, 0) is 47.7 Å². The van der Waals surface area contributed by atoms with Gasteiger partial charge in [-0.25, -0.2) is 9.37 Å². The molecule has 1 aliphatic heterocycles. The second-order valence-corrected chi connectivity index (χ2v) is 10.6. The second kappa shape index (κ2) is 9.84. The number of carbonyl (C=O) groups excluding carboxylic acids is 1. The largest absolute Gasteiger partial charge is 0.497 e. The summed E-state index contributed by atoms with van der Waals surface area (Å²) in [6.45, 7) is 0.280. The number of ether oxygens (including phenoxy) is 2. The molecule has 0 fully saturated rings. The van der Waals surface area contributed by atoms with Crippen molar-refractivity contribution in [3.8, 4) is 28.6 Å². The Bertz CT molecular complexity index is 2340. The number of nitrogens with zero attached hydrogens (tertiary/aromatic N) is 3. The predicted octanol–water partition coefficient (Wildman–Crippen LogP) is 6.04. The van der Waals surface area contributed by atoms with E-state index >= 15 is 4.39 Å². The van der Waals surface area contributed by atoms with Crippen LogP contribution in [0.1, 0.15) is 15.9 Å². The van der Waals surface area contributed by atoms with Crippen LogP contribution >= 0.6 is 0 Å². The van der Waals surface area contributed by atoms with Crippen LogP contribution in [0.4, 0.5) is 4.39 Å². The fourth-order valence-electron chi connectivity index (χ4n) is 6.06. The minimum atomic E-state index is -0.675. The summed E-state index contributed by atoms with van der Waals surface area (Å²) >= 11 is 0. The number of pyridine rings is 1. The van der Waals surface area contributed by atoms with Gasteiger partial charge in [0.2, 0.25) is 5.43 Å². The molecule has 7 aromatic rings. The second-order valence-electron chi connectivity index (χ2n) is 10.6. The average molecular weight is 586 g/mol. The third-order valence-electron chi connectivity index (χ3n) is 8.15. The van der Waals surface area contributed by atoms with Crippen molar-refractivity contribution in [2.45, 2.75) is 6.42 Å². The van der Waals surface area contributed by atoms with Crippen LogP contribution in [0.5, 0.6) is 17.2 Å². The highest BCUT2D eigenvalue weighted by Gasteiger charge is 2.30. The third-order valence-corrected chi connectivity index (χ3v) is 8.15. The molecule has 44 heavy (non-hydrogen) atoms. The molecule has 0 radical (unpaired) electrons. The molecule has 0 spiro atoms. The van der Waals surface area contributed by atoms with Crippen molar-refractivity contribution in [3.05, 3.63) is 119 Å². The van der Waals surface area contributed by atoms with Gasteiger partial charge in [0.1, 0.15) is 22.5 Å². The topological polar surface area (TPSA) is 103 Å². The lowest BCUT2D eigenvalue weighted by molar-refractivity contribution is 0.0952. The van der Waals surface area contributed by atoms with E-state index in [1.807, 2.05) is 60.8 Å². The predicted molar refractivity (Wildman–Crippen MR) is 165 cm³/mol. The number of nitrogens with one attached hydrogen (secondary N) is 2. The molecular formula is C34H24FN5O4. The minimum Gasteiger partial charge on any atom is -0.497 e. The SMILES string of the molecule is COc1ccc2[nH]cc(CCNC(=O)c3cn4c5c(c(-n6ccnc6)c(F)cc5c3=O)Oc3ccc5ccccc5c3-4)c2c1. The van der Waals surface area contributed by atoms with Crippen molar-refractivity contribution >= 4 is 38.5 Å². The van der Waals surface area contributed by atoms with Gasteiger partial charge in [0.25, 0.3) is 5.91 Å². The van der Waals surface area contributed by atoms with E-state index in [1.54, 1.807) is 17.9 Å². The number of halogens is 1. The van der Waals surface area contributed by atoms with E-state index in [2.05, 4.69) is 15.3 Å². The quantitative estimate of drug-likeness (QED) is 0.248. The standard InChI is InChI=1S/C34H24FN5O4/c1-43-21-7-8-27-23(14-21)20(16-38-27)10-11-37-34(42)25-17-40-29-22-5-3-2-4-19(22)6-9-28(29)44-33-30(40)24(32(25)41)15-26(35)31(33)39-13-12-36-18-39/h2-9,12-18,38H,10-11H2,1H3,(H,37,42). The maximum atomic E-state index is 15.8. The van der Waals surface area contributed by atoms with Gasteiger partial charge >= 0.3 is 0 Å². The fraction of sp³-hybridized carbons (Fsp3) is 0.0882. The number of aromatic amines is 1. The molecule has 3 aromatic heterocycles. The molecule has 0 bridgehead atoms. The Balaban J connectivity index is 1.25. The number of methoxy groups -OCH3 is 1. The fourth-order valence-corrected chi connectivity index (χ4v) is 6.06. The number of carbonyl (C=O) groups is 1. The number of hydrogen-bond acceptors (Lipinski definition) is 5. The van der Waals surface area contributed by atoms with Gasteiger partial charge in [0, 0.05) is 47.6 Å². The van der Waals surface area contributed by atoms with Crippen LogP contribution in [0, 0.1) is 5.82 Å². The maximum Gasteiger partial charge on any atom is 0.256 e. The van der Waals surface area contributed by atoms with Gasteiger partial charge in [-0.15, -0.1) is 0 Å². The third kappa shape index (κ3) is 3.88. The van der Waals surface area contributed by atoms with Crippen LogP contribution in [0.15, 0.2) is 96.6 Å². The molecule has 8 rings (SSSR count). The molecule has 0 saturated heterocycles. The number of rotatable bonds is 6. The Hall–Kier alpha value is -5.90. The van der Waals surface area contributed by atoms with Crippen molar-refractivity contribution in [1.29, 1.82) is 0 Å². The molecule has 0 unspecified atom stereocenters. The van der Waals surface area contributed by atoms with E-state index < -0.39 is 17.2 Å². The first kappa shape index (κ1) is 25.8. The molecule has 4 heterocycles. The van der Waals surface area contributed by atoms with E-state index in [-0.39, 0.29) is 28.9 Å². The number of imidazole rings is 1. The Kier molecular flexibility index (Phi) is 5.77. The average Bonchev–Trinajstić information content (AvgIpc) is 3.72. The summed E-state index contributed by atoms with van der Waals surface area (Å²) in [7, 11) is 1.61. The summed E-state index contributed by atoms with van der Waals surface area (Å²) in [5.74, 6) is 0.145.